The largest absolute Gasteiger partial charge is 0.507 e. The minimum Gasteiger partial charge on any atom is -0.507 e. The molecular formula is C10H14FNO2. The molecule has 1 aromatic rings. The molecule has 0 radical (unpaired) electrons. The van der Waals surface area contributed by atoms with Crippen LogP contribution in [0.5, 0.6) is 5.75 Å². The average molecular weight is 199 g/mol. The third-order valence-electron chi connectivity index (χ3n) is 2.17. The SMILES string of the molecule is Cc1cc(F)cc([C@@H](N)C(C)O)c1O. The molecule has 3 nitrogen and oxygen atoms in total. The van der Waals surface area contributed by atoms with Crippen molar-refractivity contribution >= 4 is 0 Å². The van der Waals surface area contributed by atoms with Crippen molar-refractivity contribution in [2.75, 3.05) is 0 Å². The van der Waals surface area contributed by atoms with Crippen LogP contribution in [0.25, 0.3) is 0 Å². The van der Waals surface area contributed by atoms with E-state index >= 15 is 0 Å². The summed E-state index contributed by atoms with van der Waals surface area (Å²) in [5.41, 5.74) is 6.25. The molecule has 0 amide bonds. The minimum atomic E-state index is -0.831. The van der Waals surface area contributed by atoms with Crippen molar-refractivity contribution in [3.63, 3.8) is 0 Å². The summed E-state index contributed by atoms with van der Waals surface area (Å²) in [7, 11) is 0. The first kappa shape index (κ1) is 10.9. The molecule has 0 spiro atoms. The molecule has 0 heterocycles. The van der Waals surface area contributed by atoms with Gasteiger partial charge in [-0.1, -0.05) is 0 Å². The van der Waals surface area contributed by atoms with E-state index in [1.807, 2.05) is 0 Å². The van der Waals surface area contributed by atoms with E-state index in [1.54, 1.807) is 6.92 Å². The lowest BCUT2D eigenvalue weighted by Crippen LogP contribution is -2.23. The summed E-state index contributed by atoms with van der Waals surface area (Å²) in [6.07, 6.45) is -0.831. The van der Waals surface area contributed by atoms with Crippen LogP contribution in [0.15, 0.2) is 12.1 Å². The molecule has 0 fully saturated rings. The lowest BCUT2D eigenvalue weighted by atomic mass is 9.99. The highest BCUT2D eigenvalue weighted by Gasteiger charge is 2.18. The van der Waals surface area contributed by atoms with E-state index in [-0.39, 0.29) is 11.3 Å². The van der Waals surface area contributed by atoms with Crippen molar-refractivity contribution in [3.8, 4) is 5.75 Å². The van der Waals surface area contributed by atoms with E-state index in [2.05, 4.69) is 0 Å². The Morgan fingerprint density at radius 1 is 1.43 bits per heavy atom. The molecule has 4 heteroatoms. The number of aliphatic hydroxyl groups excluding tert-OH is 1. The standard InChI is InChI=1S/C10H14FNO2/c1-5-3-7(11)4-8(10(5)14)9(12)6(2)13/h3-4,6,9,13-14H,12H2,1-2H3/t6?,9-/m0/s1. The number of aromatic hydroxyl groups is 1. The average Bonchev–Trinajstić information content (AvgIpc) is 2.09. The van der Waals surface area contributed by atoms with Crippen LogP contribution in [0.3, 0.4) is 0 Å². The van der Waals surface area contributed by atoms with E-state index in [9.17, 15) is 14.6 Å². The maximum Gasteiger partial charge on any atom is 0.124 e. The van der Waals surface area contributed by atoms with Gasteiger partial charge in [0.15, 0.2) is 0 Å². The molecule has 0 aliphatic rings. The maximum absolute atomic E-state index is 13.0. The summed E-state index contributed by atoms with van der Waals surface area (Å²) >= 11 is 0. The molecule has 4 N–H and O–H groups in total. The topological polar surface area (TPSA) is 66.5 Å². The number of hydrogen-bond acceptors (Lipinski definition) is 3. The van der Waals surface area contributed by atoms with Crippen molar-refractivity contribution < 1.29 is 14.6 Å². The first-order valence-corrected chi connectivity index (χ1v) is 4.36. The molecule has 1 rings (SSSR count). The Morgan fingerprint density at radius 2 is 2.00 bits per heavy atom. The van der Waals surface area contributed by atoms with Gasteiger partial charge in [-0.2, -0.15) is 0 Å². The number of phenolic OH excluding ortho intramolecular Hbond substituents is 1. The Morgan fingerprint density at radius 3 is 2.50 bits per heavy atom. The van der Waals surface area contributed by atoms with Gasteiger partial charge in [0.25, 0.3) is 0 Å². The lowest BCUT2D eigenvalue weighted by Gasteiger charge is -2.17. The molecule has 0 aliphatic heterocycles. The Bertz CT molecular complexity index is 339. The number of benzene rings is 1. The fraction of sp³-hybridized carbons (Fsp3) is 0.400. The molecule has 0 aromatic heterocycles. The van der Waals surface area contributed by atoms with Crippen LogP contribution in [0.4, 0.5) is 4.39 Å². The minimum absolute atomic E-state index is 0.0557. The summed E-state index contributed by atoms with van der Waals surface area (Å²) in [4.78, 5) is 0. The monoisotopic (exact) mass is 199 g/mol. The van der Waals surface area contributed by atoms with Crippen LogP contribution in [0.2, 0.25) is 0 Å². The van der Waals surface area contributed by atoms with Gasteiger partial charge in [0, 0.05) is 5.56 Å². The number of rotatable bonds is 2. The van der Waals surface area contributed by atoms with Gasteiger partial charge >= 0.3 is 0 Å². The quantitative estimate of drug-likeness (QED) is 0.671. The third kappa shape index (κ3) is 2.02. The number of hydrogen-bond donors (Lipinski definition) is 3. The van der Waals surface area contributed by atoms with Crippen molar-refractivity contribution in [2.45, 2.75) is 26.0 Å². The molecule has 0 saturated heterocycles. The number of halogens is 1. The van der Waals surface area contributed by atoms with Gasteiger partial charge in [-0.3, -0.25) is 0 Å². The van der Waals surface area contributed by atoms with Gasteiger partial charge in [-0.25, -0.2) is 4.39 Å². The van der Waals surface area contributed by atoms with Crippen LogP contribution in [0.1, 0.15) is 24.1 Å². The van der Waals surface area contributed by atoms with Gasteiger partial charge in [0.1, 0.15) is 11.6 Å². The molecule has 78 valence electrons. The van der Waals surface area contributed by atoms with Crippen LogP contribution in [-0.4, -0.2) is 16.3 Å². The summed E-state index contributed by atoms with van der Waals surface area (Å²) in [5, 5.41) is 18.8. The van der Waals surface area contributed by atoms with E-state index in [1.165, 1.54) is 13.0 Å². The Balaban J connectivity index is 3.20. The molecule has 0 bridgehead atoms. The highest BCUT2D eigenvalue weighted by atomic mass is 19.1. The number of nitrogens with two attached hydrogens (primary N) is 1. The summed E-state index contributed by atoms with van der Waals surface area (Å²) in [6.45, 7) is 3.07. The van der Waals surface area contributed by atoms with Crippen LogP contribution in [-0.2, 0) is 0 Å². The van der Waals surface area contributed by atoms with Crippen molar-refractivity contribution in [2.24, 2.45) is 5.73 Å². The molecule has 2 atom stereocenters. The summed E-state index contributed by atoms with van der Waals surface area (Å²) < 4.78 is 13.0. The lowest BCUT2D eigenvalue weighted by molar-refractivity contribution is 0.162. The van der Waals surface area contributed by atoms with Gasteiger partial charge in [-0.15, -0.1) is 0 Å². The second-order valence-electron chi connectivity index (χ2n) is 3.43. The zero-order valence-electron chi connectivity index (χ0n) is 8.16. The third-order valence-corrected chi connectivity index (χ3v) is 2.17. The highest BCUT2D eigenvalue weighted by molar-refractivity contribution is 5.42. The van der Waals surface area contributed by atoms with E-state index in [4.69, 9.17) is 5.73 Å². The van der Waals surface area contributed by atoms with Crippen LogP contribution >= 0.6 is 0 Å². The molecular weight excluding hydrogens is 185 g/mol. The smallest absolute Gasteiger partial charge is 0.124 e. The van der Waals surface area contributed by atoms with Crippen molar-refractivity contribution in [3.05, 3.63) is 29.1 Å². The van der Waals surface area contributed by atoms with Gasteiger partial charge in [-0.05, 0) is 31.5 Å². The highest BCUT2D eigenvalue weighted by Crippen LogP contribution is 2.29. The predicted octanol–water partition coefficient (Wildman–Crippen LogP) is 1.22. The Kier molecular flexibility index (Phi) is 3.08. The molecule has 14 heavy (non-hydrogen) atoms. The molecule has 1 unspecified atom stereocenters. The number of aliphatic hydroxyl groups is 1. The Labute approximate surface area is 82.0 Å². The fourth-order valence-corrected chi connectivity index (χ4v) is 1.28. The van der Waals surface area contributed by atoms with Crippen LogP contribution < -0.4 is 5.73 Å². The number of aryl methyl sites for hydroxylation is 1. The zero-order valence-corrected chi connectivity index (χ0v) is 8.16. The van der Waals surface area contributed by atoms with E-state index < -0.39 is 18.0 Å². The fourth-order valence-electron chi connectivity index (χ4n) is 1.28. The molecule has 0 aliphatic carbocycles. The van der Waals surface area contributed by atoms with E-state index in [0.29, 0.717) is 5.56 Å². The summed E-state index contributed by atoms with van der Waals surface area (Å²) in [5.74, 6) is -0.522. The van der Waals surface area contributed by atoms with Gasteiger partial charge < -0.3 is 15.9 Å². The maximum atomic E-state index is 13.0. The molecule has 0 saturated carbocycles. The summed E-state index contributed by atoms with van der Waals surface area (Å²) in [6, 6.07) is 1.58. The first-order chi connectivity index (χ1) is 6.43. The Hall–Kier alpha value is -1.13. The van der Waals surface area contributed by atoms with Crippen molar-refractivity contribution in [1.29, 1.82) is 0 Å². The van der Waals surface area contributed by atoms with Crippen LogP contribution in [0, 0.1) is 12.7 Å². The zero-order chi connectivity index (χ0) is 10.9. The second-order valence-corrected chi connectivity index (χ2v) is 3.43. The van der Waals surface area contributed by atoms with Gasteiger partial charge in [0.2, 0.25) is 0 Å². The van der Waals surface area contributed by atoms with E-state index in [0.717, 1.165) is 6.07 Å². The second kappa shape index (κ2) is 3.94. The first-order valence-electron chi connectivity index (χ1n) is 4.36. The predicted molar refractivity (Wildman–Crippen MR) is 51.4 cm³/mol. The van der Waals surface area contributed by atoms with Crippen molar-refractivity contribution in [1.82, 2.24) is 0 Å². The normalized spacial score (nSPS) is 15.2. The number of phenols is 1. The van der Waals surface area contributed by atoms with Gasteiger partial charge in [0.05, 0.1) is 12.1 Å². The molecule has 1 aromatic carbocycles.